The molecule has 3 rings (SSSR count). The van der Waals surface area contributed by atoms with Crippen molar-refractivity contribution in [3.63, 3.8) is 0 Å². The van der Waals surface area contributed by atoms with Crippen LogP contribution >= 0.6 is 0 Å². The quantitative estimate of drug-likeness (QED) is 0.673. The van der Waals surface area contributed by atoms with E-state index in [0.717, 1.165) is 30.5 Å². The molecule has 0 saturated carbocycles. The maximum absolute atomic E-state index is 13.5. The molecule has 110 valence electrons. The van der Waals surface area contributed by atoms with E-state index in [1.165, 1.54) is 11.6 Å². The van der Waals surface area contributed by atoms with Crippen molar-refractivity contribution in [2.75, 3.05) is 0 Å². The molecular weight excluding hydrogens is 265 g/mol. The molecule has 21 heavy (non-hydrogen) atoms. The Morgan fingerprint density at radius 1 is 1.38 bits per heavy atom. The van der Waals surface area contributed by atoms with Crippen molar-refractivity contribution in [3.05, 3.63) is 64.7 Å². The molecule has 1 aliphatic rings. The second kappa shape index (κ2) is 5.92. The van der Waals surface area contributed by atoms with Gasteiger partial charge in [-0.2, -0.15) is 0 Å². The van der Waals surface area contributed by atoms with E-state index in [1.54, 1.807) is 6.92 Å². The Labute approximate surface area is 124 Å². The Kier molecular flexibility index (Phi) is 3.99. The lowest BCUT2D eigenvalue weighted by Gasteiger charge is -2.31. The molecule has 2 atom stereocenters. The molecule has 3 N–H and O–H groups in total. The molecule has 0 radical (unpaired) electrons. The first-order valence-electron chi connectivity index (χ1n) is 7.36. The van der Waals surface area contributed by atoms with Crippen LogP contribution in [0.5, 0.6) is 0 Å². The van der Waals surface area contributed by atoms with Crippen molar-refractivity contribution in [1.82, 2.24) is 10.4 Å². The lowest BCUT2D eigenvalue weighted by atomic mass is 9.79. The number of rotatable bonds is 3. The van der Waals surface area contributed by atoms with Gasteiger partial charge in [0.05, 0.1) is 6.04 Å². The largest absolute Gasteiger partial charge is 0.271 e. The number of halogens is 1. The third-order valence-corrected chi connectivity index (χ3v) is 4.36. The summed E-state index contributed by atoms with van der Waals surface area (Å²) in [6.07, 6.45) is 5.07. The molecule has 1 aromatic heterocycles. The number of hydrogen-bond acceptors (Lipinski definition) is 3. The van der Waals surface area contributed by atoms with Gasteiger partial charge < -0.3 is 0 Å². The third-order valence-electron chi connectivity index (χ3n) is 4.36. The van der Waals surface area contributed by atoms with Gasteiger partial charge in [0, 0.05) is 17.8 Å². The van der Waals surface area contributed by atoms with Crippen LogP contribution in [0.3, 0.4) is 0 Å². The van der Waals surface area contributed by atoms with Crippen molar-refractivity contribution in [1.29, 1.82) is 0 Å². The van der Waals surface area contributed by atoms with E-state index in [2.05, 4.69) is 16.5 Å². The molecule has 0 aliphatic heterocycles. The summed E-state index contributed by atoms with van der Waals surface area (Å²) in [5, 5.41) is 0. The van der Waals surface area contributed by atoms with E-state index in [4.69, 9.17) is 5.84 Å². The highest BCUT2D eigenvalue weighted by atomic mass is 19.1. The Bertz CT molecular complexity index is 642. The second-order valence-electron chi connectivity index (χ2n) is 5.70. The van der Waals surface area contributed by atoms with Gasteiger partial charge in [0.15, 0.2) is 0 Å². The number of benzene rings is 1. The van der Waals surface area contributed by atoms with Crippen molar-refractivity contribution in [2.45, 2.75) is 38.1 Å². The number of nitrogens with one attached hydrogen (secondary N) is 1. The number of fused-ring (bicyclic) bond motifs is 1. The molecule has 4 heteroatoms. The fourth-order valence-corrected chi connectivity index (χ4v) is 3.28. The second-order valence-corrected chi connectivity index (χ2v) is 5.70. The maximum atomic E-state index is 13.5. The Morgan fingerprint density at radius 3 is 3.00 bits per heavy atom. The van der Waals surface area contributed by atoms with E-state index in [9.17, 15) is 4.39 Å². The zero-order chi connectivity index (χ0) is 14.8. The highest BCUT2D eigenvalue weighted by molar-refractivity contribution is 5.33. The Hall–Kier alpha value is -1.78. The molecule has 2 unspecified atom stereocenters. The van der Waals surface area contributed by atoms with Gasteiger partial charge in [-0.15, -0.1) is 0 Å². The monoisotopic (exact) mass is 285 g/mol. The molecule has 0 amide bonds. The van der Waals surface area contributed by atoms with Crippen molar-refractivity contribution < 1.29 is 4.39 Å². The highest BCUT2D eigenvalue weighted by Crippen LogP contribution is 2.39. The van der Waals surface area contributed by atoms with E-state index in [-0.39, 0.29) is 17.8 Å². The average Bonchev–Trinajstić information content (AvgIpc) is 2.52. The fourth-order valence-electron chi connectivity index (χ4n) is 3.28. The smallest absolute Gasteiger partial charge is 0.126 e. The van der Waals surface area contributed by atoms with Gasteiger partial charge in [0.2, 0.25) is 0 Å². The number of aromatic nitrogens is 1. The molecule has 2 aromatic rings. The van der Waals surface area contributed by atoms with E-state index in [0.29, 0.717) is 5.56 Å². The molecule has 0 saturated heterocycles. The normalized spacial score (nSPS) is 19.1. The van der Waals surface area contributed by atoms with E-state index in [1.807, 2.05) is 24.4 Å². The number of hydrazine groups is 1. The molecule has 0 bridgehead atoms. The molecular formula is C17H20FN3. The van der Waals surface area contributed by atoms with Crippen LogP contribution in [0.1, 0.15) is 47.2 Å². The summed E-state index contributed by atoms with van der Waals surface area (Å²) in [7, 11) is 0. The SMILES string of the molecule is Cc1cc(C(NN)C2CCCc3cccnc32)ccc1F. The molecule has 1 heterocycles. The van der Waals surface area contributed by atoms with Crippen LogP contribution in [-0.2, 0) is 6.42 Å². The van der Waals surface area contributed by atoms with Gasteiger partial charge >= 0.3 is 0 Å². The molecule has 1 aromatic carbocycles. The summed E-state index contributed by atoms with van der Waals surface area (Å²) >= 11 is 0. The van der Waals surface area contributed by atoms with Crippen LogP contribution in [0, 0.1) is 12.7 Å². The van der Waals surface area contributed by atoms with Crippen LogP contribution < -0.4 is 11.3 Å². The molecule has 3 nitrogen and oxygen atoms in total. The Balaban J connectivity index is 1.99. The summed E-state index contributed by atoms with van der Waals surface area (Å²) < 4.78 is 13.5. The van der Waals surface area contributed by atoms with Crippen molar-refractivity contribution >= 4 is 0 Å². The lowest BCUT2D eigenvalue weighted by Crippen LogP contribution is -2.34. The van der Waals surface area contributed by atoms with Crippen LogP contribution in [0.15, 0.2) is 36.5 Å². The van der Waals surface area contributed by atoms with Gasteiger partial charge in [0.25, 0.3) is 0 Å². The van der Waals surface area contributed by atoms with Gasteiger partial charge in [-0.3, -0.25) is 16.3 Å². The lowest BCUT2D eigenvalue weighted by molar-refractivity contribution is 0.399. The van der Waals surface area contributed by atoms with E-state index >= 15 is 0 Å². The first-order chi connectivity index (χ1) is 10.2. The van der Waals surface area contributed by atoms with Crippen LogP contribution in [-0.4, -0.2) is 4.98 Å². The van der Waals surface area contributed by atoms with Crippen LogP contribution in [0.4, 0.5) is 4.39 Å². The first kappa shape index (κ1) is 14.2. The number of nitrogens with two attached hydrogens (primary N) is 1. The highest BCUT2D eigenvalue weighted by Gasteiger charge is 2.29. The topological polar surface area (TPSA) is 50.9 Å². The maximum Gasteiger partial charge on any atom is 0.126 e. The zero-order valence-corrected chi connectivity index (χ0v) is 12.1. The van der Waals surface area contributed by atoms with Crippen LogP contribution in [0.2, 0.25) is 0 Å². The number of hydrogen-bond donors (Lipinski definition) is 2. The number of nitrogens with zero attached hydrogens (tertiary/aromatic N) is 1. The minimum atomic E-state index is -0.184. The van der Waals surface area contributed by atoms with Crippen molar-refractivity contribution in [2.24, 2.45) is 5.84 Å². The van der Waals surface area contributed by atoms with Gasteiger partial charge in [-0.05, 0) is 55.0 Å². The summed E-state index contributed by atoms with van der Waals surface area (Å²) in [5.74, 6) is 5.85. The minimum absolute atomic E-state index is 0.0433. The van der Waals surface area contributed by atoms with Crippen LogP contribution in [0.25, 0.3) is 0 Å². The average molecular weight is 285 g/mol. The fraction of sp³-hybridized carbons (Fsp3) is 0.353. The molecule has 0 spiro atoms. The third kappa shape index (κ3) is 2.69. The standard InChI is InChI=1S/C17H20FN3/c1-11-10-13(7-8-15(11)18)17(21-19)14-6-2-4-12-5-3-9-20-16(12)14/h3,5,7-10,14,17,21H,2,4,6,19H2,1H3. The van der Waals surface area contributed by atoms with Gasteiger partial charge in [-0.1, -0.05) is 18.2 Å². The summed E-state index contributed by atoms with van der Waals surface area (Å²) in [5.41, 5.74) is 6.99. The van der Waals surface area contributed by atoms with Gasteiger partial charge in [0.1, 0.15) is 5.82 Å². The van der Waals surface area contributed by atoms with Crippen molar-refractivity contribution in [3.8, 4) is 0 Å². The summed E-state index contributed by atoms with van der Waals surface area (Å²) in [4.78, 5) is 4.57. The Morgan fingerprint density at radius 2 is 2.24 bits per heavy atom. The first-order valence-corrected chi connectivity index (χ1v) is 7.36. The van der Waals surface area contributed by atoms with Gasteiger partial charge in [-0.25, -0.2) is 4.39 Å². The molecule has 0 fully saturated rings. The number of pyridine rings is 1. The van der Waals surface area contributed by atoms with E-state index < -0.39 is 0 Å². The summed E-state index contributed by atoms with van der Waals surface area (Å²) in [6, 6.07) is 9.27. The molecule has 1 aliphatic carbocycles. The minimum Gasteiger partial charge on any atom is -0.271 e. The predicted octanol–water partition coefficient (Wildman–Crippen LogP) is 3.15. The summed E-state index contributed by atoms with van der Waals surface area (Å²) in [6.45, 7) is 1.78. The zero-order valence-electron chi connectivity index (χ0n) is 12.1. The number of aryl methyl sites for hydroxylation is 2. The predicted molar refractivity (Wildman–Crippen MR) is 81.1 cm³/mol.